The van der Waals surface area contributed by atoms with Crippen molar-refractivity contribution in [1.29, 1.82) is 0 Å². The van der Waals surface area contributed by atoms with E-state index in [4.69, 9.17) is 10.2 Å². The monoisotopic (exact) mass is 358 g/mol. The summed E-state index contributed by atoms with van der Waals surface area (Å²) in [5.41, 5.74) is 0. The minimum atomic E-state index is -2.10. The summed E-state index contributed by atoms with van der Waals surface area (Å²) >= 11 is 0. The highest BCUT2D eigenvalue weighted by atomic mass is 16.6. The Morgan fingerprint density at radius 1 is 0.680 bits per heavy atom. The van der Waals surface area contributed by atoms with Gasteiger partial charge in [-0.05, 0) is 6.42 Å². The molecule has 0 spiro atoms. The van der Waals surface area contributed by atoms with Crippen LogP contribution in [0.4, 0.5) is 0 Å². The normalized spacial score (nSPS) is 10.8. The second-order valence-electron chi connectivity index (χ2n) is 6.54. The van der Waals surface area contributed by atoms with Crippen molar-refractivity contribution in [2.75, 3.05) is 0 Å². The lowest BCUT2D eigenvalue weighted by Crippen LogP contribution is -2.34. The Morgan fingerprint density at radius 2 is 1.04 bits per heavy atom. The van der Waals surface area contributed by atoms with Gasteiger partial charge < -0.3 is 14.9 Å². The van der Waals surface area contributed by atoms with Crippen molar-refractivity contribution in [3.63, 3.8) is 0 Å². The highest BCUT2D eigenvalue weighted by Crippen LogP contribution is 2.13. The smallest absolute Gasteiger partial charge is 0.356 e. The maximum absolute atomic E-state index is 11.4. The van der Waals surface area contributed by atoms with Crippen LogP contribution < -0.4 is 0 Å². The molecule has 0 aliphatic rings. The third kappa shape index (κ3) is 14.5. The molecule has 0 unspecified atom stereocenters. The maximum atomic E-state index is 11.4. The molecule has 0 amide bonds. The molecular formula is C19H34O6. The molecule has 0 aromatic rings. The third-order valence-electron chi connectivity index (χ3n) is 4.18. The van der Waals surface area contributed by atoms with Gasteiger partial charge in [0, 0.05) is 6.42 Å². The summed E-state index contributed by atoms with van der Waals surface area (Å²) in [5, 5.41) is 17.2. The predicted octanol–water partition coefficient (Wildman–Crippen LogP) is 4.55. The van der Waals surface area contributed by atoms with Crippen molar-refractivity contribution >= 4 is 17.9 Å². The number of aliphatic carboxylic acids is 2. The number of carboxylic acids is 2. The molecule has 0 heterocycles. The van der Waals surface area contributed by atoms with Crippen LogP contribution in [-0.4, -0.2) is 34.2 Å². The molecule has 146 valence electrons. The molecule has 0 aromatic carbocycles. The first kappa shape index (κ1) is 23.4. The van der Waals surface area contributed by atoms with Crippen LogP contribution in [-0.2, 0) is 19.1 Å². The molecule has 0 aliphatic heterocycles. The Balaban J connectivity index is 3.42. The van der Waals surface area contributed by atoms with E-state index in [2.05, 4.69) is 11.7 Å². The summed E-state index contributed by atoms with van der Waals surface area (Å²) in [4.78, 5) is 32.6. The Bertz CT molecular complexity index is 366. The van der Waals surface area contributed by atoms with E-state index in [1.54, 1.807) is 0 Å². The van der Waals surface area contributed by atoms with E-state index in [0.29, 0.717) is 6.42 Å². The fourth-order valence-electron chi connectivity index (χ4n) is 2.68. The SMILES string of the molecule is CCCCCCCCCCCCCCCC(=O)OC(C(=O)O)C(=O)O. The van der Waals surface area contributed by atoms with E-state index in [0.717, 1.165) is 19.3 Å². The molecule has 0 aliphatic carbocycles. The maximum Gasteiger partial charge on any atom is 0.356 e. The van der Waals surface area contributed by atoms with Gasteiger partial charge in [-0.25, -0.2) is 9.59 Å². The molecule has 0 atom stereocenters. The van der Waals surface area contributed by atoms with Gasteiger partial charge in [0.2, 0.25) is 0 Å². The molecule has 0 radical (unpaired) electrons. The van der Waals surface area contributed by atoms with Crippen LogP contribution in [0.1, 0.15) is 96.8 Å². The lowest BCUT2D eigenvalue weighted by atomic mass is 10.0. The Kier molecular flexibility index (Phi) is 14.9. The average Bonchev–Trinajstić information content (AvgIpc) is 2.56. The number of unbranched alkanes of at least 4 members (excludes halogenated alkanes) is 12. The summed E-state index contributed by atoms with van der Waals surface area (Å²) in [7, 11) is 0. The number of rotatable bonds is 17. The van der Waals surface area contributed by atoms with Gasteiger partial charge in [-0.15, -0.1) is 0 Å². The van der Waals surface area contributed by atoms with Crippen molar-refractivity contribution < 1.29 is 29.3 Å². The van der Waals surface area contributed by atoms with Crippen LogP contribution in [0.3, 0.4) is 0 Å². The molecule has 25 heavy (non-hydrogen) atoms. The molecule has 0 saturated carbocycles. The van der Waals surface area contributed by atoms with Crippen LogP contribution in [0.5, 0.6) is 0 Å². The van der Waals surface area contributed by atoms with Crippen molar-refractivity contribution in [2.45, 2.75) is 103 Å². The molecule has 0 aromatic heterocycles. The fourth-order valence-corrected chi connectivity index (χ4v) is 2.68. The lowest BCUT2D eigenvalue weighted by Gasteiger charge is -2.09. The predicted molar refractivity (Wildman–Crippen MR) is 95.5 cm³/mol. The van der Waals surface area contributed by atoms with E-state index in [9.17, 15) is 14.4 Å². The molecule has 0 fully saturated rings. The zero-order valence-corrected chi connectivity index (χ0v) is 15.5. The molecule has 2 N–H and O–H groups in total. The molecule has 0 saturated heterocycles. The lowest BCUT2D eigenvalue weighted by molar-refractivity contribution is -0.174. The molecular weight excluding hydrogens is 324 g/mol. The van der Waals surface area contributed by atoms with Gasteiger partial charge in [-0.1, -0.05) is 84.0 Å². The van der Waals surface area contributed by atoms with Crippen LogP contribution in [0, 0.1) is 0 Å². The van der Waals surface area contributed by atoms with E-state index in [1.807, 2.05) is 0 Å². The van der Waals surface area contributed by atoms with E-state index < -0.39 is 24.0 Å². The summed E-state index contributed by atoms with van der Waals surface area (Å²) in [6.07, 6.45) is 13.4. The zero-order chi connectivity index (χ0) is 18.9. The summed E-state index contributed by atoms with van der Waals surface area (Å²) < 4.78 is 4.44. The quantitative estimate of drug-likeness (QED) is 0.225. The first-order chi connectivity index (χ1) is 12.0. The number of carbonyl (C=O) groups excluding carboxylic acids is 1. The molecule has 0 bridgehead atoms. The fraction of sp³-hybridized carbons (Fsp3) is 0.842. The van der Waals surface area contributed by atoms with E-state index in [-0.39, 0.29) is 6.42 Å². The zero-order valence-electron chi connectivity index (χ0n) is 15.5. The molecule has 0 rings (SSSR count). The number of esters is 1. The topological polar surface area (TPSA) is 101 Å². The summed E-state index contributed by atoms with van der Waals surface area (Å²) in [6.45, 7) is 2.23. The van der Waals surface area contributed by atoms with Gasteiger partial charge in [0.05, 0.1) is 0 Å². The second kappa shape index (κ2) is 15.9. The highest BCUT2D eigenvalue weighted by molar-refractivity contribution is 5.97. The number of hydrogen-bond donors (Lipinski definition) is 2. The van der Waals surface area contributed by atoms with Crippen LogP contribution in [0.2, 0.25) is 0 Å². The number of ether oxygens (including phenoxy) is 1. The van der Waals surface area contributed by atoms with Crippen LogP contribution in [0.25, 0.3) is 0 Å². The first-order valence-corrected chi connectivity index (χ1v) is 9.64. The third-order valence-corrected chi connectivity index (χ3v) is 4.18. The Hall–Kier alpha value is -1.59. The minimum Gasteiger partial charge on any atom is -0.478 e. The van der Waals surface area contributed by atoms with E-state index in [1.165, 1.54) is 57.8 Å². The van der Waals surface area contributed by atoms with Crippen molar-refractivity contribution in [2.24, 2.45) is 0 Å². The Morgan fingerprint density at radius 3 is 1.40 bits per heavy atom. The van der Waals surface area contributed by atoms with Gasteiger partial charge in [0.15, 0.2) is 0 Å². The highest BCUT2D eigenvalue weighted by Gasteiger charge is 2.29. The minimum absolute atomic E-state index is 0.0643. The van der Waals surface area contributed by atoms with Crippen molar-refractivity contribution in [3.8, 4) is 0 Å². The summed E-state index contributed by atoms with van der Waals surface area (Å²) in [5.74, 6) is -4.09. The van der Waals surface area contributed by atoms with Gasteiger partial charge in [-0.3, -0.25) is 4.79 Å². The van der Waals surface area contributed by atoms with Gasteiger partial charge >= 0.3 is 17.9 Å². The number of hydrogen-bond acceptors (Lipinski definition) is 4. The van der Waals surface area contributed by atoms with Crippen LogP contribution in [0.15, 0.2) is 0 Å². The first-order valence-electron chi connectivity index (χ1n) is 9.64. The summed E-state index contributed by atoms with van der Waals surface area (Å²) in [6, 6.07) is 0. The van der Waals surface area contributed by atoms with Gasteiger partial charge in [-0.2, -0.15) is 0 Å². The standard InChI is InChI=1S/C19H34O6/c1-2-3-4-5-6-7-8-9-10-11-12-13-14-15-16(20)25-17(18(21)22)19(23)24/h17H,2-15H2,1H3,(H,21,22)(H,23,24). The Labute approximate surface area is 150 Å². The van der Waals surface area contributed by atoms with Crippen molar-refractivity contribution in [1.82, 2.24) is 0 Å². The van der Waals surface area contributed by atoms with Crippen molar-refractivity contribution in [3.05, 3.63) is 0 Å². The van der Waals surface area contributed by atoms with Gasteiger partial charge in [0.1, 0.15) is 0 Å². The second-order valence-corrected chi connectivity index (χ2v) is 6.54. The van der Waals surface area contributed by atoms with Crippen LogP contribution >= 0.6 is 0 Å². The van der Waals surface area contributed by atoms with Gasteiger partial charge in [0.25, 0.3) is 6.10 Å². The number of carbonyl (C=O) groups is 3. The number of carboxylic acid groups (broad SMARTS) is 2. The van der Waals surface area contributed by atoms with E-state index >= 15 is 0 Å². The average molecular weight is 358 g/mol. The molecule has 6 nitrogen and oxygen atoms in total. The largest absolute Gasteiger partial charge is 0.478 e. The molecule has 6 heteroatoms.